The molecule has 1 atom stereocenters. The smallest absolute Gasteiger partial charge is 0.123 e. The molecule has 0 amide bonds. The minimum Gasteiger partial charge on any atom is -0.399 e. The molecule has 0 spiro atoms. The number of imidazole rings is 1. The number of benzene rings is 2. The Hall–Kier alpha value is -2.69. The van der Waals surface area contributed by atoms with Crippen LogP contribution in [-0.4, -0.2) is 9.97 Å². The lowest BCUT2D eigenvalue weighted by molar-refractivity contribution is 0.943. The van der Waals surface area contributed by atoms with E-state index in [9.17, 15) is 0 Å². The maximum absolute atomic E-state index is 5.79. The number of H-pyrrole nitrogens is 1. The summed E-state index contributed by atoms with van der Waals surface area (Å²) in [4.78, 5) is 7.35. The molecule has 0 aliphatic carbocycles. The molecule has 0 saturated heterocycles. The lowest BCUT2D eigenvalue weighted by atomic mass is 10.1. The van der Waals surface area contributed by atoms with Gasteiger partial charge in [0.1, 0.15) is 6.17 Å². The molecule has 4 rings (SSSR count). The number of hydrogen-bond acceptors (Lipinski definition) is 4. The Bertz CT molecular complexity index is 761. The predicted molar refractivity (Wildman–Crippen MR) is 76.9 cm³/mol. The van der Waals surface area contributed by atoms with Crippen molar-refractivity contribution in [2.45, 2.75) is 6.17 Å². The maximum atomic E-state index is 5.79. The Morgan fingerprint density at radius 3 is 2.84 bits per heavy atom. The zero-order valence-electron chi connectivity index (χ0n) is 10.1. The minimum absolute atomic E-state index is 0.0597. The Balaban J connectivity index is 1.71. The van der Waals surface area contributed by atoms with Crippen molar-refractivity contribution in [2.75, 3.05) is 16.4 Å². The largest absolute Gasteiger partial charge is 0.399 e. The van der Waals surface area contributed by atoms with Gasteiger partial charge in [0.05, 0.1) is 28.7 Å². The van der Waals surface area contributed by atoms with Gasteiger partial charge in [-0.15, -0.1) is 0 Å². The first-order valence-corrected chi connectivity index (χ1v) is 6.15. The summed E-state index contributed by atoms with van der Waals surface area (Å²) in [6.07, 6.45) is 1.77. The monoisotopic (exact) mass is 251 g/mol. The summed E-state index contributed by atoms with van der Waals surface area (Å²) in [6.45, 7) is 0. The van der Waals surface area contributed by atoms with E-state index >= 15 is 0 Å². The molecule has 0 bridgehead atoms. The number of aromatic nitrogens is 2. The van der Waals surface area contributed by atoms with Gasteiger partial charge in [0.15, 0.2) is 0 Å². The molecule has 2 heterocycles. The van der Waals surface area contributed by atoms with Crippen molar-refractivity contribution in [3.05, 3.63) is 48.3 Å². The van der Waals surface area contributed by atoms with Crippen LogP contribution in [0, 0.1) is 0 Å². The van der Waals surface area contributed by atoms with Gasteiger partial charge in [0, 0.05) is 5.69 Å². The van der Waals surface area contributed by atoms with E-state index in [0.29, 0.717) is 0 Å². The predicted octanol–water partition coefficient (Wildman–Crippen LogP) is 2.68. The van der Waals surface area contributed by atoms with Crippen molar-refractivity contribution in [2.24, 2.45) is 0 Å². The second-order valence-corrected chi connectivity index (χ2v) is 4.71. The van der Waals surface area contributed by atoms with E-state index in [4.69, 9.17) is 5.73 Å². The van der Waals surface area contributed by atoms with E-state index in [1.165, 1.54) is 0 Å². The average Bonchev–Trinajstić information content (AvgIpc) is 3.02. The van der Waals surface area contributed by atoms with Crippen LogP contribution in [0.5, 0.6) is 0 Å². The Labute approximate surface area is 109 Å². The maximum Gasteiger partial charge on any atom is 0.123 e. The van der Waals surface area contributed by atoms with Gasteiger partial charge in [-0.2, -0.15) is 0 Å². The highest BCUT2D eigenvalue weighted by atomic mass is 15.2. The van der Waals surface area contributed by atoms with E-state index in [1.807, 2.05) is 24.3 Å². The molecule has 2 aromatic carbocycles. The fraction of sp³-hybridized carbons (Fsp3) is 0.0714. The standard InChI is InChI=1S/C14H13N5/c15-9-2-4-11-13(6-9)19-14(18-11)8-1-3-10-12(5-8)17-7-16-10/h1-7,14,18-19H,15H2,(H,16,17). The van der Waals surface area contributed by atoms with Gasteiger partial charge in [-0.1, -0.05) is 6.07 Å². The Morgan fingerprint density at radius 2 is 1.89 bits per heavy atom. The number of aromatic amines is 1. The van der Waals surface area contributed by atoms with Gasteiger partial charge >= 0.3 is 0 Å². The van der Waals surface area contributed by atoms with Crippen LogP contribution in [0.3, 0.4) is 0 Å². The van der Waals surface area contributed by atoms with Crippen LogP contribution in [0.4, 0.5) is 17.1 Å². The molecule has 1 unspecified atom stereocenters. The molecule has 5 N–H and O–H groups in total. The number of hydrogen-bond donors (Lipinski definition) is 4. The normalized spacial score (nSPS) is 16.9. The van der Waals surface area contributed by atoms with E-state index in [2.05, 4.69) is 32.7 Å². The lowest BCUT2D eigenvalue weighted by Gasteiger charge is -2.12. The van der Waals surface area contributed by atoms with Crippen molar-refractivity contribution in [3.63, 3.8) is 0 Å². The second-order valence-electron chi connectivity index (χ2n) is 4.71. The summed E-state index contributed by atoms with van der Waals surface area (Å²) in [5.74, 6) is 0. The molecule has 0 saturated carbocycles. The van der Waals surface area contributed by atoms with Gasteiger partial charge in [-0.05, 0) is 35.9 Å². The Kier molecular flexibility index (Phi) is 1.97. The zero-order chi connectivity index (χ0) is 12.8. The molecule has 0 fully saturated rings. The van der Waals surface area contributed by atoms with Crippen LogP contribution >= 0.6 is 0 Å². The zero-order valence-corrected chi connectivity index (χ0v) is 10.1. The lowest BCUT2D eigenvalue weighted by Crippen LogP contribution is -2.11. The number of fused-ring (bicyclic) bond motifs is 2. The molecule has 19 heavy (non-hydrogen) atoms. The summed E-state index contributed by atoms with van der Waals surface area (Å²) < 4.78 is 0. The van der Waals surface area contributed by atoms with Gasteiger partial charge in [0.2, 0.25) is 0 Å². The third-order valence-electron chi connectivity index (χ3n) is 3.42. The van der Waals surface area contributed by atoms with Crippen LogP contribution < -0.4 is 16.4 Å². The van der Waals surface area contributed by atoms with Gasteiger partial charge in [-0.25, -0.2) is 4.98 Å². The molecule has 0 radical (unpaired) electrons. The highest BCUT2D eigenvalue weighted by Gasteiger charge is 2.21. The molecular formula is C14H13N5. The van der Waals surface area contributed by atoms with E-state index in [-0.39, 0.29) is 6.17 Å². The van der Waals surface area contributed by atoms with Crippen molar-refractivity contribution in [1.82, 2.24) is 9.97 Å². The quantitative estimate of drug-likeness (QED) is 0.501. The fourth-order valence-electron chi connectivity index (χ4n) is 2.45. The van der Waals surface area contributed by atoms with Gasteiger partial charge in [-0.3, -0.25) is 0 Å². The van der Waals surface area contributed by atoms with Crippen molar-refractivity contribution in [3.8, 4) is 0 Å². The van der Waals surface area contributed by atoms with Gasteiger partial charge < -0.3 is 21.4 Å². The Morgan fingerprint density at radius 1 is 1.00 bits per heavy atom. The average molecular weight is 251 g/mol. The number of anilines is 3. The van der Waals surface area contributed by atoms with Crippen molar-refractivity contribution >= 4 is 28.1 Å². The molecule has 5 heteroatoms. The van der Waals surface area contributed by atoms with Crippen LogP contribution in [0.1, 0.15) is 11.7 Å². The number of nitrogens with zero attached hydrogens (tertiary/aromatic N) is 1. The van der Waals surface area contributed by atoms with Crippen molar-refractivity contribution < 1.29 is 0 Å². The summed E-state index contributed by atoms with van der Waals surface area (Å²) in [5, 5.41) is 6.86. The summed E-state index contributed by atoms with van der Waals surface area (Å²) >= 11 is 0. The molecule has 1 aromatic heterocycles. The molecular weight excluding hydrogens is 238 g/mol. The molecule has 94 valence electrons. The molecule has 1 aliphatic rings. The van der Waals surface area contributed by atoms with E-state index in [1.54, 1.807) is 6.33 Å². The summed E-state index contributed by atoms with van der Waals surface area (Å²) in [6, 6.07) is 12.0. The van der Waals surface area contributed by atoms with Gasteiger partial charge in [0.25, 0.3) is 0 Å². The first-order valence-electron chi connectivity index (χ1n) is 6.15. The number of rotatable bonds is 1. The number of nitrogens with two attached hydrogens (primary N) is 1. The third-order valence-corrected chi connectivity index (χ3v) is 3.42. The highest BCUT2D eigenvalue weighted by Crippen LogP contribution is 2.36. The summed E-state index contributed by atoms with van der Waals surface area (Å²) in [5.41, 5.74) is 11.8. The van der Waals surface area contributed by atoms with E-state index < -0.39 is 0 Å². The van der Waals surface area contributed by atoms with Crippen LogP contribution in [-0.2, 0) is 0 Å². The number of nitrogens with one attached hydrogen (secondary N) is 3. The first kappa shape index (κ1) is 10.3. The fourth-order valence-corrected chi connectivity index (χ4v) is 2.45. The third kappa shape index (κ3) is 1.59. The minimum atomic E-state index is 0.0597. The molecule has 1 aliphatic heterocycles. The van der Waals surface area contributed by atoms with Crippen LogP contribution in [0.2, 0.25) is 0 Å². The van der Waals surface area contributed by atoms with Crippen LogP contribution in [0.25, 0.3) is 11.0 Å². The molecule has 3 aromatic rings. The SMILES string of the molecule is Nc1ccc2c(c1)NC(c1ccc3nc[nH]c3c1)N2. The van der Waals surface area contributed by atoms with Crippen LogP contribution in [0.15, 0.2) is 42.7 Å². The van der Waals surface area contributed by atoms with E-state index in [0.717, 1.165) is 33.7 Å². The topological polar surface area (TPSA) is 78.8 Å². The highest BCUT2D eigenvalue weighted by molar-refractivity contribution is 5.80. The summed E-state index contributed by atoms with van der Waals surface area (Å²) in [7, 11) is 0. The van der Waals surface area contributed by atoms with Crippen molar-refractivity contribution in [1.29, 1.82) is 0 Å². The first-order chi connectivity index (χ1) is 9.29. The second kappa shape index (κ2) is 3.65. The number of nitrogen functional groups attached to an aromatic ring is 1. The molecule has 5 nitrogen and oxygen atoms in total.